The number of aromatic carboxylic acids is 1. The minimum atomic E-state index is -1.13. The molecule has 1 aromatic heterocycles. The first-order chi connectivity index (χ1) is 10.6. The Labute approximate surface area is 131 Å². The normalized spacial score (nSPS) is 13.2. The molecule has 0 aromatic carbocycles. The highest BCUT2D eigenvalue weighted by Gasteiger charge is 2.07. The molecule has 0 spiro atoms. The second kappa shape index (κ2) is 9.89. The van der Waals surface area contributed by atoms with Crippen LogP contribution in [0.25, 0.3) is 0 Å². The second-order valence-electron chi connectivity index (χ2n) is 5.30. The number of hydrogen-bond acceptors (Lipinski definition) is 5. The van der Waals surface area contributed by atoms with Gasteiger partial charge in [0.15, 0.2) is 0 Å². The van der Waals surface area contributed by atoms with Gasteiger partial charge in [-0.3, -0.25) is 0 Å². The van der Waals surface area contributed by atoms with Gasteiger partial charge in [0, 0.05) is 26.0 Å². The van der Waals surface area contributed by atoms with Crippen molar-refractivity contribution in [2.24, 2.45) is 0 Å². The molecule has 0 saturated heterocycles. The summed E-state index contributed by atoms with van der Waals surface area (Å²) in [5, 5.41) is 16.8. The number of carbonyl (C=O) groups is 1. The van der Waals surface area contributed by atoms with Crippen LogP contribution in [0.15, 0.2) is 28.9 Å². The van der Waals surface area contributed by atoms with Gasteiger partial charge in [-0.1, -0.05) is 26.2 Å². The lowest BCUT2D eigenvalue weighted by atomic mass is 10.2. The molecule has 2 heterocycles. The van der Waals surface area contributed by atoms with Crippen LogP contribution in [0.3, 0.4) is 0 Å². The van der Waals surface area contributed by atoms with Crippen molar-refractivity contribution in [2.45, 2.75) is 39.2 Å². The molecule has 0 bridgehead atoms. The molecular formula is C16H26N2O4. The maximum absolute atomic E-state index is 10.2. The summed E-state index contributed by atoms with van der Waals surface area (Å²) in [6.07, 6.45) is 9.76. The first-order valence-electron chi connectivity index (χ1n) is 7.62. The van der Waals surface area contributed by atoms with E-state index in [-0.39, 0.29) is 18.1 Å². The molecule has 2 rings (SSSR count). The SMILES string of the molecule is CCCCCCN1C=CN(C)C1.O=C(O)c1ccc(CO)o1. The Kier molecular flexibility index (Phi) is 8.14. The van der Waals surface area contributed by atoms with E-state index >= 15 is 0 Å². The molecule has 1 aromatic rings. The molecule has 6 nitrogen and oxygen atoms in total. The fourth-order valence-corrected chi connectivity index (χ4v) is 2.05. The molecule has 0 amide bonds. The summed E-state index contributed by atoms with van der Waals surface area (Å²) in [7, 11) is 2.11. The van der Waals surface area contributed by atoms with E-state index in [0.29, 0.717) is 0 Å². The summed E-state index contributed by atoms with van der Waals surface area (Å²) in [5.41, 5.74) is 0. The van der Waals surface area contributed by atoms with Crippen LogP contribution < -0.4 is 0 Å². The highest BCUT2D eigenvalue weighted by molar-refractivity contribution is 5.84. The zero-order chi connectivity index (χ0) is 16.4. The number of aliphatic hydroxyl groups is 1. The first-order valence-corrected chi connectivity index (χ1v) is 7.62. The van der Waals surface area contributed by atoms with Gasteiger partial charge in [-0.25, -0.2) is 4.79 Å². The van der Waals surface area contributed by atoms with E-state index in [1.807, 2.05) is 0 Å². The maximum Gasteiger partial charge on any atom is 0.371 e. The Balaban J connectivity index is 0.000000224. The second-order valence-corrected chi connectivity index (χ2v) is 5.30. The number of nitrogens with zero attached hydrogens (tertiary/aromatic N) is 2. The third kappa shape index (κ3) is 6.67. The van der Waals surface area contributed by atoms with Crippen molar-refractivity contribution in [3.05, 3.63) is 36.1 Å². The minimum absolute atomic E-state index is 0.149. The van der Waals surface area contributed by atoms with Gasteiger partial charge in [-0.2, -0.15) is 0 Å². The molecule has 124 valence electrons. The molecule has 0 saturated carbocycles. The Morgan fingerprint density at radius 1 is 1.27 bits per heavy atom. The molecule has 0 radical (unpaired) electrons. The van der Waals surface area contributed by atoms with Crippen molar-refractivity contribution >= 4 is 5.97 Å². The molecular weight excluding hydrogens is 284 g/mol. The van der Waals surface area contributed by atoms with Gasteiger partial charge >= 0.3 is 5.97 Å². The van der Waals surface area contributed by atoms with E-state index in [9.17, 15) is 4.79 Å². The van der Waals surface area contributed by atoms with Crippen LogP contribution in [0.5, 0.6) is 0 Å². The molecule has 0 atom stereocenters. The fraction of sp³-hybridized carbons (Fsp3) is 0.562. The third-order valence-electron chi connectivity index (χ3n) is 3.26. The summed E-state index contributed by atoms with van der Waals surface area (Å²) in [6, 6.07) is 2.72. The average molecular weight is 310 g/mol. The van der Waals surface area contributed by atoms with Crippen molar-refractivity contribution in [1.82, 2.24) is 9.80 Å². The largest absolute Gasteiger partial charge is 0.475 e. The number of carboxylic acids is 1. The molecule has 1 aliphatic heterocycles. The number of hydrogen-bond donors (Lipinski definition) is 2. The van der Waals surface area contributed by atoms with Crippen LogP contribution in [0.1, 0.15) is 48.9 Å². The van der Waals surface area contributed by atoms with Gasteiger partial charge in [-0.05, 0) is 18.6 Å². The van der Waals surface area contributed by atoms with Crippen LogP contribution in [-0.2, 0) is 6.61 Å². The van der Waals surface area contributed by atoms with Crippen LogP contribution in [0.2, 0.25) is 0 Å². The number of rotatable bonds is 7. The van der Waals surface area contributed by atoms with Crippen LogP contribution >= 0.6 is 0 Å². The van der Waals surface area contributed by atoms with Crippen LogP contribution in [0.4, 0.5) is 0 Å². The monoisotopic (exact) mass is 310 g/mol. The zero-order valence-corrected chi connectivity index (χ0v) is 13.4. The predicted molar refractivity (Wildman–Crippen MR) is 84.2 cm³/mol. The smallest absolute Gasteiger partial charge is 0.371 e. The molecule has 22 heavy (non-hydrogen) atoms. The maximum atomic E-state index is 10.2. The van der Waals surface area contributed by atoms with Crippen LogP contribution in [-0.4, -0.2) is 46.2 Å². The fourth-order valence-electron chi connectivity index (χ4n) is 2.05. The molecule has 0 aliphatic carbocycles. The molecule has 6 heteroatoms. The van der Waals surface area contributed by atoms with Gasteiger partial charge in [-0.15, -0.1) is 0 Å². The lowest BCUT2D eigenvalue weighted by Gasteiger charge is -2.17. The molecule has 0 unspecified atom stereocenters. The van der Waals surface area contributed by atoms with E-state index in [1.165, 1.54) is 44.4 Å². The lowest BCUT2D eigenvalue weighted by molar-refractivity contribution is 0.0657. The minimum Gasteiger partial charge on any atom is -0.475 e. The van der Waals surface area contributed by atoms with Crippen molar-refractivity contribution < 1.29 is 19.4 Å². The quantitative estimate of drug-likeness (QED) is 0.754. The highest BCUT2D eigenvalue weighted by atomic mass is 16.4. The standard InChI is InChI=1S/C10H20N2.C6H6O4/c1-3-4-5-6-7-12-9-8-11(2)10-12;7-3-4-1-2-5(10-4)6(8)9/h8-9H,3-7,10H2,1-2H3;1-2,7H,3H2,(H,8,9). The summed E-state index contributed by atoms with van der Waals surface area (Å²) < 4.78 is 4.64. The Hall–Kier alpha value is -1.95. The van der Waals surface area contributed by atoms with Crippen molar-refractivity contribution in [3.63, 3.8) is 0 Å². The van der Waals surface area contributed by atoms with Crippen molar-refractivity contribution in [3.8, 4) is 0 Å². The number of carboxylic acid groups (broad SMARTS) is 1. The average Bonchev–Trinajstić information content (AvgIpc) is 3.13. The van der Waals surface area contributed by atoms with E-state index in [1.54, 1.807) is 0 Å². The van der Waals surface area contributed by atoms with E-state index < -0.39 is 5.97 Å². The first kappa shape index (κ1) is 18.1. The van der Waals surface area contributed by atoms with Gasteiger partial charge in [0.2, 0.25) is 5.76 Å². The zero-order valence-electron chi connectivity index (χ0n) is 13.4. The number of unbranched alkanes of at least 4 members (excludes halogenated alkanes) is 3. The third-order valence-corrected chi connectivity index (χ3v) is 3.26. The Morgan fingerprint density at radius 2 is 2.05 bits per heavy atom. The summed E-state index contributed by atoms with van der Waals surface area (Å²) in [4.78, 5) is 14.7. The topological polar surface area (TPSA) is 77.2 Å². The van der Waals surface area contributed by atoms with Crippen molar-refractivity contribution in [2.75, 3.05) is 20.3 Å². The van der Waals surface area contributed by atoms with Gasteiger partial charge < -0.3 is 24.4 Å². The number of aliphatic hydroxyl groups excluding tert-OH is 1. The summed E-state index contributed by atoms with van der Waals surface area (Å²) in [5.74, 6) is -1.01. The van der Waals surface area contributed by atoms with E-state index in [4.69, 9.17) is 10.2 Å². The van der Waals surface area contributed by atoms with E-state index in [0.717, 1.165) is 6.67 Å². The van der Waals surface area contributed by atoms with E-state index in [2.05, 4.69) is 40.6 Å². The highest BCUT2D eigenvalue weighted by Crippen LogP contribution is 2.07. The summed E-state index contributed by atoms with van der Waals surface area (Å²) in [6.45, 7) is 4.28. The van der Waals surface area contributed by atoms with Gasteiger partial charge in [0.1, 0.15) is 12.4 Å². The number of furan rings is 1. The van der Waals surface area contributed by atoms with Crippen molar-refractivity contribution in [1.29, 1.82) is 0 Å². The predicted octanol–water partition coefficient (Wildman–Crippen LogP) is 2.71. The molecule has 2 N–H and O–H groups in total. The Morgan fingerprint density at radius 3 is 2.50 bits per heavy atom. The molecule has 0 fully saturated rings. The lowest BCUT2D eigenvalue weighted by Crippen LogP contribution is -2.23. The van der Waals surface area contributed by atoms with Crippen LogP contribution in [0, 0.1) is 0 Å². The van der Waals surface area contributed by atoms with Gasteiger partial charge in [0.05, 0.1) is 6.67 Å². The Bertz CT molecular complexity index is 470. The van der Waals surface area contributed by atoms with Gasteiger partial charge in [0.25, 0.3) is 0 Å². The summed E-state index contributed by atoms with van der Waals surface area (Å²) >= 11 is 0. The molecule has 1 aliphatic rings.